The summed E-state index contributed by atoms with van der Waals surface area (Å²) in [4.78, 5) is 26.1. The van der Waals surface area contributed by atoms with Gasteiger partial charge in [-0.1, -0.05) is 47.3 Å². The highest BCUT2D eigenvalue weighted by molar-refractivity contribution is 4.97. The number of aliphatic hydroxyl groups excluding tert-OH is 3. The van der Waals surface area contributed by atoms with Crippen molar-refractivity contribution in [1.82, 2.24) is 53.9 Å². The molecule has 1 saturated carbocycles. The lowest BCUT2D eigenvalue weighted by Crippen LogP contribution is -2.48. The van der Waals surface area contributed by atoms with E-state index in [0.29, 0.717) is 68.5 Å². The molecular weight excluding hydrogens is 1800 g/mol. The van der Waals surface area contributed by atoms with Crippen LogP contribution in [0.3, 0.4) is 0 Å². The van der Waals surface area contributed by atoms with Crippen LogP contribution in [0.4, 0.5) is 0 Å². The Bertz CT molecular complexity index is 2830. The highest BCUT2D eigenvalue weighted by Crippen LogP contribution is 2.28. The van der Waals surface area contributed by atoms with Gasteiger partial charge >= 0.3 is 0 Å². The second-order valence-electron chi connectivity index (χ2n) is 49.9. The molecule has 0 spiro atoms. The van der Waals surface area contributed by atoms with Gasteiger partial charge in [0.1, 0.15) is 0 Å². The molecule has 11 heterocycles. The fraction of sp³-hybridized carbons (Fsp3) is 0.966. The number of hydrogen-bond donors (Lipinski definition) is 3. The molecule has 3 N–H and O–H groups in total. The van der Waals surface area contributed by atoms with Crippen LogP contribution < -0.4 is 0 Å². The zero-order valence-electron chi connectivity index (χ0n) is 101. The summed E-state index contributed by atoms with van der Waals surface area (Å²) in [6.07, 6.45) is 17.5. The summed E-state index contributed by atoms with van der Waals surface area (Å²) in [7, 11) is 2.14. The van der Waals surface area contributed by atoms with E-state index in [9.17, 15) is 15.3 Å². The summed E-state index contributed by atoms with van der Waals surface area (Å²) in [5.74, 6) is 6.26. The quantitative estimate of drug-likeness (QED) is 0.0485. The number of nitrogens with zero attached hydrogens (tertiary/aromatic N) is 11. The van der Waals surface area contributed by atoms with Gasteiger partial charge in [0.2, 0.25) is 0 Å². The molecule has 7 atom stereocenters. The van der Waals surface area contributed by atoms with E-state index >= 15 is 0 Å². The molecule has 0 aromatic heterocycles. The Balaban J connectivity index is 0.000000781. The van der Waals surface area contributed by atoms with Crippen molar-refractivity contribution in [2.24, 2.45) is 47.3 Å². The standard InChI is InChI=1S/C12H23NO.3C10H21NO2.C10H19NO.4C10H21NO.C9H19NO.C8H17NO.C8H16O/c1-10(2)13-7-6-11(8-13)9-14-12(3,4)5;3*1-10(2,3)13-8-9(12)7-11-5-4-6-11;1-8(2)11-5-10(6-11)7-12-9(3)4;1-10(2,3)12-9-5-8-11-6-4-7-11;3*1-4-11-6-5-10(7-11)8-12-9(2)3;1-4-10-5-9(6-10)7-11-8(2)3;1-7(2)10-6-8-4-9(3)5-8;1-7(2)9-6-8-4-3-5-8/h11H,1,6-9H2,2-5H3;3*9,12H,4-8H2,1-3H3;9-10H,1,5-7H2,2-4H3;4-9H2,1-3H3;3*9-10H,4-8H2,1-3H3;8-9H,4-7H2,1-3H3;7-8H,4-6H2,1-3H3;7-8H,3-6H2,1-2H3/t;2*9-;;;;2*10-;;;;/m.10...10..../s1. The van der Waals surface area contributed by atoms with Crippen LogP contribution in [0, 0.1) is 47.3 Å². The fourth-order valence-corrected chi connectivity index (χ4v) is 16.7. The highest BCUT2D eigenvalue weighted by atomic mass is 16.5. The first-order valence-corrected chi connectivity index (χ1v) is 57.7. The first-order chi connectivity index (χ1) is 66.8. The first-order valence-electron chi connectivity index (χ1n) is 57.7. The van der Waals surface area contributed by atoms with Crippen LogP contribution in [0.5, 0.6) is 0 Å². The maximum absolute atomic E-state index is 9.58. The number of hydrogen-bond acceptors (Lipinski definition) is 26. The smallest absolute Gasteiger partial charge is 0.0900 e. The Kier molecular flexibility index (Phi) is 75.4. The largest absolute Gasteiger partial charge is 0.389 e. The molecule has 0 amide bonds. The van der Waals surface area contributed by atoms with Crippen LogP contribution in [-0.2, 0) is 56.8 Å². The van der Waals surface area contributed by atoms with Crippen LogP contribution in [-0.4, -0.2) is 441 Å². The van der Waals surface area contributed by atoms with Crippen molar-refractivity contribution in [2.75, 3.05) is 283 Å². The van der Waals surface area contributed by atoms with Crippen molar-refractivity contribution >= 4 is 0 Å². The van der Waals surface area contributed by atoms with Crippen molar-refractivity contribution < 1.29 is 72.2 Å². The summed E-state index contributed by atoms with van der Waals surface area (Å²) in [5.41, 5.74) is 1.96. The molecule has 3 unspecified atom stereocenters. The van der Waals surface area contributed by atoms with Gasteiger partial charge in [0.05, 0.1) is 155 Å². The lowest BCUT2D eigenvalue weighted by atomic mass is 9.86. The van der Waals surface area contributed by atoms with Gasteiger partial charge in [0, 0.05) is 146 Å². The van der Waals surface area contributed by atoms with Crippen molar-refractivity contribution in [2.45, 2.75) is 408 Å². The molecule has 12 fully saturated rings. The minimum absolute atomic E-state index is 0.00333. The molecule has 143 heavy (non-hydrogen) atoms. The average Bonchev–Trinajstić information content (AvgIpc) is 1.33. The maximum atomic E-state index is 9.58. The Morgan fingerprint density at radius 2 is 0.524 bits per heavy atom. The summed E-state index contributed by atoms with van der Waals surface area (Å²) in [6, 6.07) is 0. The second kappa shape index (κ2) is 77.5. The van der Waals surface area contributed by atoms with E-state index in [1.807, 2.05) is 62.3 Å². The highest BCUT2D eigenvalue weighted by Gasteiger charge is 2.32. The van der Waals surface area contributed by atoms with Gasteiger partial charge in [0.25, 0.3) is 0 Å². The van der Waals surface area contributed by atoms with Crippen LogP contribution in [0.15, 0.2) is 24.6 Å². The van der Waals surface area contributed by atoms with E-state index < -0.39 is 0 Å². The number of rotatable bonds is 45. The molecular formula is C117H241N11O15. The maximum Gasteiger partial charge on any atom is 0.0900 e. The molecule has 0 bridgehead atoms. The summed E-state index contributed by atoms with van der Waals surface area (Å²) in [5, 5.41) is 28.7. The second-order valence-corrected chi connectivity index (χ2v) is 49.9. The lowest BCUT2D eigenvalue weighted by Gasteiger charge is -2.41. The van der Waals surface area contributed by atoms with E-state index in [1.165, 1.54) is 200 Å². The van der Waals surface area contributed by atoms with Gasteiger partial charge in [-0.05, 0) is 414 Å². The van der Waals surface area contributed by atoms with Gasteiger partial charge in [-0.15, -0.1) is 0 Å². The van der Waals surface area contributed by atoms with Crippen LogP contribution >= 0.6 is 0 Å². The number of likely N-dealkylation sites (tertiary alicyclic amines) is 11. The van der Waals surface area contributed by atoms with Crippen LogP contribution in [0.1, 0.15) is 319 Å². The number of aliphatic hydroxyl groups is 3. The average molecular weight is 2040 g/mol. The molecule has 11 saturated heterocycles. The summed E-state index contributed by atoms with van der Waals surface area (Å²) in [6.45, 7) is 125. The van der Waals surface area contributed by atoms with Gasteiger partial charge in [0.15, 0.2) is 0 Å². The zero-order valence-corrected chi connectivity index (χ0v) is 101. The first kappa shape index (κ1) is 139. The Morgan fingerprint density at radius 3 is 0.755 bits per heavy atom. The Labute approximate surface area is 884 Å². The molecule has 12 rings (SSSR count). The molecule has 0 aromatic rings. The van der Waals surface area contributed by atoms with Gasteiger partial charge in [-0.3, -0.25) is 0 Å². The van der Waals surface area contributed by atoms with Crippen LogP contribution in [0.25, 0.3) is 0 Å². The number of β-amino-alcohol motifs (C(OH)–C–C–N with tert-alkyl or cyclic N) is 3. The molecule has 26 heteroatoms. The topological polar surface area (TPSA) is 207 Å². The van der Waals surface area contributed by atoms with E-state index in [2.05, 4.69) is 254 Å². The molecule has 0 aromatic carbocycles. The summed E-state index contributed by atoms with van der Waals surface area (Å²) >= 11 is 0. The molecule has 11 aliphatic heterocycles. The van der Waals surface area contributed by atoms with Gasteiger partial charge in [-0.25, -0.2) is 0 Å². The molecule has 26 nitrogen and oxygen atoms in total. The minimum atomic E-state index is -0.334. The van der Waals surface area contributed by atoms with Crippen molar-refractivity contribution in [3.8, 4) is 0 Å². The van der Waals surface area contributed by atoms with E-state index in [-0.39, 0.29) is 46.3 Å². The normalized spacial score (nSPS) is 22.0. The predicted molar refractivity (Wildman–Crippen MR) is 602 cm³/mol. The monoisotopic (exact) mass is 2040 g/mol. The zero-order chi connectivity index (χ0) is 108. The molecule has 854 valence electrons. The summed E-state index contributed by atoms with van der Waals surface area (Å²) < 4.78 is 66.6. The fourth-order valence-electron chi connectivity index (χ4n) is 16.7. The van der Waals surface area contributed by atoms with Crippen LogP contribution in [0.2, 0.25) is 0 Å². The molecule has 12 aliphatic rings. The minimum Gasteiger partial charge on any atom is -0.389 e. The van der Waals surface area contributed by atoms with E-state index in [4.69, 9.17) is 56.8 Å². The molecule has 0 radical (unpaired) electrons. The Morgan fingerprint density at radius 1 is 0.273 bits per heavy atom. The molecule has 1 aliphatic carbocycles. The van der Waals surface area contributed by atoms with Gasteiger partial charge < -0.3 is 126 Å². The third-order valence-electron chi connectivity index (χ3n) is 26.5. The van der Waals surface area contributed by atoms with E-state index in [0.717, 1.165) is 186 Å². The van der Waals surface area contributed by atoms with Crippen molar-refractivity contribution in [3.05, 3.63) is 24.6 Å². The van der Waals surface area contributed by atoms with E-state index in [1.54, 1.807) is 0 Å². The number of ether oxygens (including phenoxy) is 12. The third-order valence-corrected chi connectivity index (χ3v) is 26.5. The predicted octanol–water partition coefficient (Wildman–Crippen LogP) is 18.8. The SMILES string of the molecule is C=C(C)N1CC(COC(C)C)C1.C=C(C)N1CCC(COC(C)(C)C)C1.CC(C)(C)OCC(O)CN1CCC1.CC(C)(C)OCCCN1CCC1.CC(C)(C)OC[C@@H](O)CN1CCC1.CC(C)(C)OC[C@H](O)CN1CCC1.CC(C)OCC1CCC1.CC(C)OCC1CN(C)C1.CCN1CC(COC(C)C)C1.CCN1CCC(COC(C)C)C1.CCN1CC[C@@H](COC(C)C)C1.CCN1CC[C@H](COC(C)C)C1. The van der Waals surface area contributed by atoms with Crippen molar-refractivity contribution in [3.63, 3.8) is 0 Å². The number of allylic oxidation sites excluding steroid dienone is 2. The van der Waals surface area contributed by atoms with Crippen molar-refractivity contribution in [1.29, 1.82) is 0 Å². The van der Waals surface area contributed by atoms with Gasteiger partial charge in [-0.2, -0.15) is 0 Å². The lowest BCUT2D eigenvalue weighted by molar-refractivity contribution is -0.0600. The Hall–Kier alpha value is -1.88. The third kappa shape index (κ3) is 79.7.